The predicted molar refractivity (Wildman–Crippen MR) is 81.9 cm³/mol. The van der Waals surface area contributed by atoms with Crippen LogP contribution in [0.15, 0.2) is 46.9 Å². The Hall–Kier alpha value is -2.34. The summed E-state index contributed by atoms with van der Waals surface area (Å²) in [5, 5.41) is 12.1. The number of benzene rings is 2. The fraction of sp³-hybridized carbons (Fsp3) is 0.0667. The number of hydrogen-bond donors (Lipinski definition) is 3. The number of halogens is 1. The lowest BCUT2D eigenvalue weighted by Gasteiger charge is -2.07. The third kappa shape index (κ3) is 3.82. The molecule has 108 valence electrons. The van der Waals surface area contributed by atoms with Crippen molar-refractivity contribution in [2.24, 2.45) is 5.73 Å². The van der Waals surface area contributed by atoms with Crippen molar-refractivity contribution < 1.29 is 14.7 Å². The summed E-state index contributed by atoms with van der Waals surface area (Å²) in [7, 11) is 0. The van der Waals surface area contributed by atoms with E-state index < -0.39 is 5.91 Å². The van der Waals surface area contributed by atoms with E-state index in [1.807, 2.05) is 0 Å². The summed E-state index contributed by atoms with van der Waals surface area (Å²) in [4.78, 5) is 23.1. The van der Waals surface area contributed by atoms with Gasteiger partial charge in [0.15, 0.2) is 0 Å². The van der Waals surface area contributed by atoms with Crippen LogP contribution < -0.4 is 11.1 Å². The molecular formula is C15H13BrN2O3. The third-order valence-electron chi connectivity index (χ3n) is 2.86. The zero-order valence-corrected chi connectivity index (χ0v) is 12.6. The Kier molecular flexibility index (Phi) is 4.59. The first-order chi connectivity index (χ1) is 9.97. The van der Waals surface area contributed by atoms with E-state index >= 15 is 0 Å². The van der Waals surface area contributed by atoms with Gasteiger partial charge < -0.3 is 16.2 Å². The maximum Gasteiger partial charge on any atom is 0.251 e. The molecule has 0 saturated heterocycles. The zero-order valence-electron chi connectivity index (χ0n) is 11.0. The maximum atomic E-state index is 12.0. The minimum absolute atomic E-state index is 0.148. The molecule has 0 unspecified atom stereocenters. The second-order valence-electron chi connectivity index (χ2n) is 4.41. The lowest BCUT2D eigenvalue weighted by Crippen LogP contribution is -2.23. The highest BCUT2D eigenvalue weighted by Gasteiger charge is 2.11. The minimum atomic E-state index is -0.561. The highest BCUT2D eigenvalue weighted by atomic mass is 79.9. The SMILES string of the molecule is NC(=O)c1ccc(C(=O)NCc2cccc(O)c2)cc1Br. The normalized spacial score (nSPS) is 10.1. The van der Waals surface area contributed by atoms with Crippen LogP contribution in [0.2, 0.25) is 0 Å². The first kappa shape index (κ1) is 15.1. The number of carbonyl (C=O) groups is 2. The Morgan fingerprint density at radius 2 is 1.95 bits per heavy atom. The van der Waals surface area contributed by atoms with Crippen LogP contribution >= 0.6 is 15.9 Å². The van der Waals surface area contributed by atoms with Crippen LogP contribution in [-0.2, 0) is 6.54 Å². The van der Waals surface area contributed by atoms with Crippen LogP contribution in [0.3, 0.4) is 0 Å². The van der Waals surface area contributed by atoms with Crippen molar-refractivity contribution in [3.05, 3.63) is 63.6 Å². The van der Waals surface area contributed by atoms with E-state index in [2.05, 4.69) is 21.2 Å². The quantitative estimate of drug-likeness (QED) is 0.790. The molecule has 0 aliphatic heterocycles. The minimum Gasteiger partial charge on any atom is -0.508 e. The molecule has 0 bridgehead atoms. The Balaban J connectivity index is 2.07. The van der Waals surface area contributed by atoms with E-state index in [4.69, 9.17) is 5.73 Å². The Morgan fingerprint density at radius 1 is 1.19 bits per heavy atom. The summed E-state index contributed by atoms with van der Waals surface area (Å²) in [6.07, 6.45) is 0. The smallest absolute Gasteiger partial charge is 0.251 e. The van der Waals surface area contributed by atoms with Gasteiger partial charge in [0.05, 0.1) is 5.56 Å². The molecule has 0 heterocycles. The van der Waals surface area contributed by atoms with Gasteiger partial charge in [0.2, 0.25) is 5.91 Å². The molecule has 0 aromatic heterocycles. The summed E-state index contributed by atoms with van der Waals surface area (Å²) in [5.74, 6) is -0.695. The van der Waals surface area contributed by atoms with E-state index in [1.165, 1.54) is 18.2 Å². The molecule has 2 amide bonds. The summed E-state index contributed by atoms with van der Waals surface area (Å²) < 4.78 is 0.472. The van der Waals surface area contributed by atoms with Gasteiger partial charge in [0, 0.05) is 16.6 Å². The molecule has 21 heavy (non-hydrogen) atoms. The number of hydrogen-bond acceptors (Lipinski definition) is 3. The van der Waals surface area contributed by atoms with Crippen LogP contribution in [0.25, 0.3) is 0 Å². The first-order valence-electron chi connectivity index (χ1n) is 6.13. The number of phenols is 1. The first-order valence-corrected chi connectivity index (χ1v) is 6.92. The van der Waals surface area contributed by atoms with Crippen LogP contribution in [-0.4, -0.2) is 16.9 Å². The van der Waals surface area contributed by atoms with Gasteiger partial charge in [-0.2, -0.15) is 0 Å². The largest absolute Gasteiger partial charge is 0.508 e. The standard InChI is InChI=1S/C15H13BrN2O3/c16-13-7-10(4-5-12(13)14(17)20)15(21)18-8-9-2-1-3-11(19)6-9/h1-7,19H,8H2,(H2,17,20)(H,18,21). The van der Waals surface area contributed by atoms with Gasteiger partial charge in [-0.15, -0.1) is 0 Å². The van der Waals surface area contributed by atoms with Gasteiger partial charge in [-0.25, -0.2) is 0 Å². The van der Waals surface area contributed by atoms with Gasteiger partial charge in [0.25, 0.3) is 5.91 Å². The number of carbonyl (C=O) groups excluding carboxylic acids is 2. The highest BCUT2D eigenvalue weighted by molar-refractivity contribution is 9.10. The number of primary amides is 1. The molecule has 4 N–H and O–H groups in total. The second-order valence-corrected chi connectivity index (χ2v) is 5.27. The summed E-state index contributed by atoms with van der Waals surface area (Å²) in [6.45, 7) is 0.294. The Labute approximate surface area is 129 Å². The number of amides is 2. The fourth-order valence-corrected chi connectivity index (χ4v) is 2.38. The number of phenolic OH excluding ortho intramolecular Hbond substituents is 1. The molecule has 0 spiro atoms. The number of rotatable bonds is 4. The predicted octanol–water partition coefficient (Wildman–Crippen LogP) is 2.18. The van der Waals surface area contributed by atoms with Gasteiger partial charge in [-0.05, 0) is 51.8 Å². The van der Waals surface area contributed by atoms with Crippen molar-refractivity contribution in [2.75, 3.05) is 0 Å². The van der Waals surface area contributed by atoms with Gasteiger partial charge in [0.1, 0.15) is 5.75 Å². The van der Waals surface area contributed by atoms with E-state index in [-0.39, 0.29) is 11.7 Å². The number of nitrogens with one attached hydrogen (secondary N) is 1. The second kappa shape index (κ2) is 6.41. The average molecular weight is 349 g/mol. The number of nitrogens with two attached hydrogens (primary N) is 1. The lowest BCUT2D eigenvalue weighted by atomic mass is 10.1. The molecular weight excluding hydrogens is 336 g/mol. The number of aromatic hydroxyl groups is 1. The Morgan fingerprint density at radius 3 is 2.57 bits per heavy atom. The van der Waals surface area contributed by atoms with Gasteiger partial charge >= 0.3 is 0 Å². The van der Waals surface area contributed by atoms with Crippen molar-refractivity contribution in [1.29, 1.82) is 0 Å². The summed E-state index contributed by atoms with van der Waals surface area (Å²) in [5.41, 5.74) is 6.71. The molecule has 2 aromatic carbocycles. The van der Waals surface area contributed by atoms with Crippen LogP contribution in [0, 0.1) is 0 Å². The summed E-state index contributed by atoms with van der Waals surface area (Å²) in [6, 6.07) is 11.2. The van der Waals surface area contributed by atoms with Crippen molar-refractivity contribution in [2.45, 2.75) is 6.54 Å². The maximum absolute atomic E-state index is 12.0. The van der Waals surface area contributed by atoms with Crippen LogP contribution in [0.4, 0.5) is 0 Å². The van der Waals surface area contributed by atoms with E-state index in [0.717, 1.165) is 5.56 Å². The Bertz CT molecular complexity index is 701. The molecule has 2 aromatic rings. The van der Waals surface area contributed by atoms with E-state index in [9.17, 15) is 14.7 Å². The molecule has 0 saturated carbocycles. The molecule has 0 atom stereocenters. The van der Waals surface area contributed by atoms with Crippen LogP contribution in [0.5, 0.6) is 5.75 Å². The van der Waals surface area contributed by atoms with Crippen LogP contribution in [0.1, 0.15) is 26.3 Å². The summed E-state index contributed by atoms with van der Waals surface area (Å²) >= 11 is 3.21. The molecule has 0 aliphatic rings. The molecule has 6 heteroatoms. The molecule has 0 radical (unpaired) electrons. The fourth-order valence-electron chi connectivity index (χ4n) is 1.81. The average Bonchev–Trinajstić information content (AvgIpc) is 2.44. The van der Waals surface area contributed by atoms with Crippen molar-refractivity contribution in [1.82, 2.24) is 5.32 Å². The van der Waals surface area contributed by atoms with E-state index in [1.54, 1.807) is 24.3 Å². The van der Waals surface area contributed by atoms with Crippen molar-refractivity contribution in [3.63, 3.8) is 0 Å². The van der Waals surface area contributed by atoms with Crippen molar-refractivity contribution in [3.8, 4) is 5.75 Å². The topological polar surface area (TPSA) is 92.4 Å². The molecule has 0 aliphatic carbocycles. The monoisotopic (exact) mass is 348 g/mol. The highest BCUT2D eigenvalue weighted by Crippen LogP contribution is 2.18. The molecule has 0 fully saturated rings. The van der Waals surface area contributed by atoms with E-state index in [0.29, 0.717) is 22.1 Å². The zero-order chi connectivity index (χ0) is 15.4. The molecule has 2 rings (SSSR count). The van der Waals surface area contributed by atoms with Gasteiger partial charge in [-0.1, -0.05) is 12.1 Å². The van der Waals surface area contributed by atoms with Crippen molar-refractivity contribution >= 4 is 27.7 Å². The lowest BCUT2D eigenvalue weighted by molar-refractivity contribution is 0.0948. The van der Waals surface area contributed by atoms with Gasteiger partial charge in [-0.3, -0.25) is 9.59 Å². The molecule has 5 nitrogen and oxygen atoms in total. The third-order valence-corrected chi connectivity index (χ3v) is 3.52.